The van der Waals surface area contributed by atoms with Gasteiger partial charge in [0.05, 0.1) is 10.6 Å². The van der Waals surface area contributed by atoms with Gasteiger partial charge in [-0.3, -0.25) is 14.9 Å². The topological polar surface area (TPSA) is 147 Å². The number of carbonyl (C=O) groups is 1. The van der Waals surface area contributed by atoms with Crippen LogP contribution in [0.2, 0.25) is 0 Å². The standard InChI is InChI=1S/C17H13N9O3/c1-11-6-13(3-5-14(11)25-10-19-22-23-25)21-17(27)12-2-4-15(16(7-12)26(28)29)24-9-18-8-20-24/h2-10H,1H3,(H,21,27). The van der Waals surface area contributed by atoms with Crippen LogP contribution in [-0.2, 0) is 0 Å². The van der Waals surface area contributed by atoms with Crippen molar-refractivity contribution >= 4 is 17.3 Å². The summed E-state index contributed by atoms with van der Waals surface area (Å²) in [6.45, 7) is 1.85. The molecular formula is C17H13N9O3. The van der Waals surface area contributed by atoms with E-state index in [9.17, 15) is 14.9 Å². The van der Waals surface area contributed by atoms with Gasteiger partial charge in [0.25, 0.3) is 11.6 Å². The maximum Gasteiger partial charge on any atom is 0.295 e. The fourth-order valence-corrected chi connectivity index (χ4v) is 2.80. The van der Waals surface area contributed by atoms with Gasteiger partial charge >= 0.3 is 0 Å². The predicted molar refractivity (Wildman–Crippen MR) is 99.9 cm³/mol. The van der Waals surface area contributed by atoms with E-state index in [1.807, 2.05) is 6.92 Å². The first kappa shape index (κ1) is 17.9. The molecule has 0 aliphatic rings. The number of tetrazole rings is 1. The number of nitrogens with zero attached hydrogens (tertiary/aromatic N) is 8. The monoisotopic (exact) mass is 391 g/mol. The molecule has 0 unspecified atom stereocenters. The average Bonchev–Trinajstić information content (AvgIpc) is 3.42. The molecule has 29 heavy (non-hydrogen) atoms. The lowest BCUT2D eigenvalue weighted by molar-refractivity contribution is -0.384. The Morgan fingerprint density at radius 1 is 1.10 bits per heavy atom. The molecule has 144 valence electrons. The van der Waals surface area contributed by atoms with Gasteiger partial charge in [0, 0.05) is 17.3 Å². The molecule has 0 atom stereocenters. The Hall–Kier alpha value is -4.48. The van der Waals surface area contributed by atoms with E-state index >= 15 is 0 Å². The molecule has 1 amide bonds. The van der Waals surface area contributed by atoms with Crippen LogP contribution in [0.4, 0.5) is 11.4 Å². The van der Waals surface area contributed by atoms with E-state index in [-0.39, 0.29) is 16.9 Å². The maximum absolute atomic E-state index is 12.6. The number of aryl methyl sites for hydroxylation is 1. The highest BCUT2D eigenvalue weighted by Gasteiger charge is 2.19. The van der Waals surface area contributed by atoms with Crippen molar-refractivity contribution < 1.29 is 9.72 Å². The Morgan fingerprint density at radius 3 is 2.59 bits per heavy atom. The molecule has 0 radical (unpaired) electrons. The van der Waals surface area contributed by atoms with Crippen molar-refractivity contribution in [3.05, 3.63) is 76.6 Å². The number of hydrogen-bond acceptors (Lipinski definition) is 8. The van der Waals surface area contributed by atoms with Crippen LogP contribution in [-0.4, -0.2) is 45.8 Å². The summed E-state index contributed by atoms with van der Waals surface area (Å²) in [5, 5.41) is 29.1. The second-order valence-corrected chi connectivity index (χ2v) is 6.01. The van der Waals surface area contributed by atoms with Crippen molar-refractivity contribution in [3.8, 4) is 11.4 Å². The second-order valence-electron chi connectivity index (χ2n) is 6.01. The summed E-state index contributed by atoms with van der Waals surface area (Å²) in [6, 6.07) is 9.36. The summed E-state index contributed by atoms with van der Waals surface area (Å²) >= 11 is 0. The molecule has 0 bridgehead atoms. The largest absolute Gasteiger partial charge is 0.322 e. The van der Waals surface area contributed by atoms with Gasteiger partial charge in [-0.05, 0) is 53.2 Å². The fourth-order valence-electron chi connectivity index (χ4n) is 2.80. The normalized spacial score (nSPS) is 10.7. The first-order chi connectivity index (χ1) is 14.0. The molecule has 0 aliphatic heterocycles. The van der Waals surface area contributed by atoms with E-state index in [0.717, 1.165) is 11.3 Å². The molecule has 0 aliphatic carbocycles. The van der Waals surface area contributed by atoms with Crippen LogP contribution < -0.4 is 5.32 Å². The Bertz CT molecular complexity index is 1190. The van der Waals surface area contributed by atoms with E-state index in [4.69, 9.17) is 0 Å². The van der Waals surface area contributed by atoms with Crippen molar-refractivity contribution in [1.82, 2.24) is 35.0 Å². The number of aromatic nitrogens is 7. The summed E-state index contributed by atoms with van der Waals surface area (Å²) in [4.78, 5) is 27.3. The molecule has 0 saturated heterocycles. The molecular weight excluding hydrogens is 378 g/mol. The third-order valence-corrected chi connectivity index (χ3v) is 4.15. The quantitative estimate of drug-likeness (QED) is 0.399. The molecule has 4 aromatic rings. The number of carbonyl (C=O) groups excluding carboxylic acids is 1. The molecule has 2 aromatic heterocycles. The van der Waals surface area contributed by atoms with Crippen molar-refractivity contribution in [2.45, 2.75) is 6.92 Å². The number of rotatable bonds is 5. The van der Waals surface area contributed by atoms with Crippen molar-refractivity contribution in [2.75, 3.05) is 5.32 Å². The minimum absolute atomic E-state index is 0.141. The zero-order valence-corrected chi connectivity index (χ0v) is 15.0. The van der Waals surface area contributed by atoms with Crippen molar-refractivity contribution in [2.24, 2.45) is 0 Å². The number of anilines is 1. The molecule has 1 N–H and O–H groups in total. The number of hydrogen-bond donors (Lipinski definition) is 1. The minimum Gasteiger partial charge on any atom is -0.322 e. The minimum atomic E-state index is -0.571. The zero-order chi connectivity index (χ0) is 20.4. The van der Waals surface area contributed by atoms with E-state index in [1.54, 1.807) is 18.2 Å². The Balaban J connectivity index is 1.59. The van der Waals surface area contributed by atoms with Crippen LogP contribution in [0.15, 0.2) is 55.4 Å². The Morgan fingerprint density at radius 2 is 1.93 bits per heavy atom. The highest BCUT2D eigenvalue weighted by atomic mass is 16.6. The van der Waals surface area contributed by atoms with Gasteiger partial charge in [0.15, 0.2) is 0 Å². The van der Waals surface area contributed by atoms with Crippen molar-refractivity contribution in [3.63, 3.8) is 0 Å². The molecule has 0 spiro atoms. The molecule has 2 heterocycles. The highest BCUT2D eigenvalue weighted by Crippen LogP contribution is 2.24. The number of nitro benzene ring substituents is 1. The van der Waals surface area contributed by atoms with Gasteiger partial charge in [-0.25, -0.2) is 14.3 Å². The van der Waals surface area contributed by atoms with Crippen LogP contribution in [0.25, 0.3) is 11.4 Å². The third-order valence-electron chi connectivity index (χ3n) is 4.15. The van der Waals surface area contributed by atoms with E-state index in [2.05, 4.69) is 30.9 Å². The van der Waals surface area contributed by atoms with Crippen LogP contribution in [0, 0.1) is 17.0 Å². The summed E-state index contributed by atoms with van der Waals surface area (Å²) < 4.78 is 2.77. The van der Waals surface area contributed by atoms with Crippen LogP contribution >= 0.6 is 0 Å². The summed E-state index contributed by atoms with van der Waals surface area (Å²) in [7, 11) is 0. The third kappa shape index (κ3) is 3.53. The lowest BCUT2D eigenvalue weighted by Gasteiger charge is -2.10. The molecule has 2 aromatic carbocycles. The van der Waals surface area contributed by atoms with Crippen LogP contribution in [0.1, 0.15) is 15.9 Å². The van der Waals surface area contributed by atoms with Gasteiger partial charge < -0.3 is 5.32 Å². The van der Waals surface area contributed by atoms with E-state index in [1.165, 1.54) is 46.5 Å². The first-order valence-corrected chi connectivity index (χ1v) is 8.32. The maximum atomic E-state index is 12.6. The summed E-state index contributed by atoms with van der Waals surface area (Å²) in [6.07, 6.45) is 4.08. The Kier molecular flexibility index (Phi) is 4.49. The van der Waals surface area contributed by atoms with Gasteiger partial charge in [-0.1, -0.05) is 0 Å². The number of nitrogens with one attached hydrogen (secondary N) is 1. The summed E-state index contributed by atoms with van der Waals surface area (Å²) in [5.41, 5.74) is 2.23. The van der Waals surface area contributed by atoms with Gasteiger partial charge in [0.1, 0.15) is 24.7 Å². The molecule has 0 fully saturated rings. The number of nitro groups is 1. The van der Waals surface area contributed by atoms with Gasteiger partial charge in [0.2, 0.25) is 0 Å². The zero-order valence-electron chi connectivity index (χ0n) is 15.0. The smallest absolute Gasteiger partial charge is 0.295 e. The molecule has 4 rings (SSSR count). The SMILES string of the molecule is Cc1cc(NC(=O)c2ccc(-n3cncn3)c([N+](=O)[O-])c2)ccc1-n1cnnn1. The molecule has 0 saturated carbocycles. The predicted octanol–water partition coefficient (Wildman–Crippen LogP) is 1.71. The number of amides is 1. The lowest BCUT2D eigenvalue weighted by atomic mass is 10.1. The highest BCUT2D eigenvalue weighted by molar-refractivity contribution is 6.05. The Labute approximate surface area is 163 Å². The van der Waals surface area contributed by atoms with E-state index in [0.29, 0.717) is 5.69 Å². The van der Waals surface area contributed by atoms with Crippen molar-refractivity contribution in [1.29, 1.82) is 0 Å². The number of benzene rings is 2. The summed E-state index contributed by atoms with van der Waals surface area (Å²) in [5.74, 6) is -0.479. The van der Waals surface area contributed by atoms with Crippen LogP contribution in [0.5, 0.6) is 0 Å². The van der Waals surface area contributed by atoms with E-state index < -0.39 is 10.8 Å². The van der Waals surface area contributed by atoms with Gasteiger partial charge in [-0.2, -0.15) is 5.10 Å². The first-order valence-electron chi connectivity index (χ1n) is 8.32. The average molecular weight is 391 g/mol. The van der Waals surface area contributed by atoms with Gasteiger partial charge in [-0.15, -0.1) is 5.10 Å². The molecule has 12 nitrogen and oxygen atoms in total. The lowest BCUT2D eigenvalue weighted by Crippen LogP contribution is -2.13. The second kappa shape index (κ2) is 7.26. The fraction of sp³-hybridized carbons (Fsp3) is 0.0588. The van der Waals surface area contributed by atoms with Crippen LogP contribution in [0.3, 0.4) is 0 Å². The molecule has 12 heteroatoms.